The maximum absolute atomic E-state index is 11.7. The summed E-state index contributed by atoms with van der Waals surface area (Å²) in [6.07, 6.45) is 2.09. The summed E-state index contributed by atoms with van der Waals surface area (Å²) in [6.45, 7) is 6.31. The predicted molar refractivity (Wildman–Crippen MR) is 93.8 cm³/mol. The molecule has 0 fully saturated rings. The maximum Gasteiger partial charge on any atom is 0.306 e. The number of amides is 1. The molecule has 0 atom stereocenters. The van der Waals surface area contributed by atoms with Gasteiger partial charge < -0.3 is 14.5 Å². The number of hydrogen-bond acceptors (Lipinski definition) is 5. The molecular weight excluding hydrogens is 320 g/mol. The lowest BCUT2D eigenvalue weighted by molar-refractivity contribution is -0.148. The third-order valence-electron chi connectivity index (χ3n) is 3.50. The van der Waals surface area contributed by atoms with Crippen LogP contribution in [0.4, 0.5) is 0 Å². The van der Waals surface area contributed by atoms with Crippen LogP contribution in [0.5, 0.6) is 0 Å². The minimum Gasteiger partial charge on any atom is -0.456 e. The number of carbonyl (C=O) groups is 2. The summed E-state index contributed by atoms with van der Waals surface area (Å²) < 4.78 is 10.6. The highest BCUT2D eigenvalue weighted by Crippen LogP contribution is 2.21. The lowest BCUT2D eigenvalue weighted by atomic mass is 10.1. The Morgan fingerprint density at radius 1 is 1.24 bits per heavy atom. The van der Waals surface area contributed by atoms with E-state index in [1.54, 1.807) is 6.20 Å². The normalized spacial score (nSPS) is 10.7. The van der Waals surface area contributed by atoms with E-state index in [1.807, 2.05) is 45.0 Å². The van der Waals surface area contributed by atoms with E-state index in [1.165, 1.54) is 5.56 Å². The van der Waals surface area contributed by atoms with Gasteiger partial charge in [-0.05, 0) is 12.8 Å². The summed E-state index contributed by atoms with van der Waals surface area (Å²) in [5.74, 6) is 0.746. The highest BCUT2D eigenvalue weighted by molar-refractivity contribution is 5.80. The molecule has 1 amide bonds. The van der Waals surface area contributed by atoms with E-state index in [2.05, 4.69) is 10.3 Å². The van der Waals surface area contributed by atoms with Crippen LogP contribution < -0.4 is 5.32 Å². The number of nitrogens with one attached hydrogen (secondary N) is 1. The molecule has 0 spiro atoms. The lowest BCUT2D eigenvalue weighted by Crippen LogP contribution is -2.31. The second-order valence-electron chi connectivity index (χ2n) is 6.34. The second kappa shape index (κ2) is 9.01. The largest absolute Gasteiger partial charge is 0.456 e. The zero-order valence-corrected chi connectivity index (χ0v) is 14.9. The van der Waals surface area contributed by atoms with E-state index < -0.39 is 5.97 Å². The molecule has 2 rings (SSSR count). The van der Waals surface area contributed by atoms with Crippen molar-refractivity contribution < 1.29 is 18.7 Å². The molecule has 25 heavy (non-hydrogen) atoms. The number of nitrogens with zero attached hydrogens (tertiary/aromatic N) is 1. The Hall–Kier alpha value is -2.63. The summed E-state index contributed by atoms with van der Waals surface area (Å²) >= 11 is 0. The van der Waals surface area contributed by atoms with Gasteiger partial charge >= 0.3 is 5.97 Å². The molecule has 0 aliphatic carbocycles. The fourth-order valence-electron chi connectivity index (χ4n) is 2.07. The van der Waals surface area contributed by atoms with Gasteiger partial charge in [0.25, 0.3) is 5.91 Å². The van der Waals surface area contributed by atoms with Crippen LogP contribution in [0.3, 0.4) is 0 Å². The van der Waals surface area contributed by atoms with Crippen molar-refractivity contribution in [1.82, 2.24) is 10.3 Å². The second-order valence-corrected chi connectivity index (χ2v) is 6.34. The number of aryl methyl sites for hydroxylation is 2. The van der Waals surface area contributed by atoms with Crippen molar-refractivity contribution in [2.45, 2.75) is 33.6 Å². The van der Waals surface area contributed by atoms with Gasteiger partial charge in [-0.15, -0.1) is 0 Å². The number of esters is 1. The molecule has 0 bridgehead atoms. The number of oxazole rings is 1. The Balaban J connectivity index is 1.75. The van der Waals surface area contributed by atoms with Gasteiger partial charge in [-0.25, -0.2) is 4.98 Å². The Morgan fingerprint density at radius 3 is 2.64 bits per heavy atom. The Kier molecular flexibility index (Phi) is 6.74. The van der Waals surface area contributed by atoms with Gasteiger partial charge in [-0.2, -0.15) is 0 Å². The number of hydrogen-bond donors (Lipinski definition) is 1. The van der Waals surface area contributed by atoms with Crippen molar-refractivity contribution in [3.05, 3.63) is 41.9 Å². The van der Waals surface area contributed by atoms with E-state index in [0.717, 1.165) is 5.56 Å². The Labute approximate surface area is 147 Å². The molecule has 2 aromatic rings. The predicted octanol–water partition coefficient (Wildman–Crippen LogP) is 2.90. The van der Waals surface area contributed by atoms with Crippen molar-refractivity contribution in [3.63, 3.8) is 0 Å². The van der Waals surface area contributed by atoms with Gasteiger partial charge in [-0.1, -0.05) is 43.7 Å². The van der Waals surface area contributed by atoms with Crippen molar-refractivity contribution in [1.29, 1.82) is 0 Å². The van der Waals surface area contributed by atoms with E-state index in [-0.39, 0.29) is 18.9 Å². The molecule has 0 aliphatic rings. The van der Waals surface area contributed by atoms with Gasteiger partial charge in [0.15, 0.2) is 18.3 Å². The molecule has 0 saturated heterocycles. The Bertz CT molecular complexity index is 704. The van der Waals surface area contributed by atoms with Gasteiger partial charge in [0.2, 0.25) is 0 Å². The molecule has 1 N–H and O–H groups in total. The highest BCUT2D eigenvalue weighted by Gasteiger charge is 2.11. The van der Waals surface area contributed by atoms with Crippen LogP contribution in [0, 0.1) is 12.8 Å². The first kappa shape index (κ1) is 18.7. The van der Waals surface area contributed by atoms with Crippen LogP contribution in [-0.4, -0.2) is 30.0 Å². The average molecular weight is 344 g/mol. The molecule has 0 saturated carbocycles. The summed E-state index contributed by atoms with van der Waals surface area (Å²) in [6, 6.07) is 7.92. The number of ether oxygens (including phenoxy) is 1. The number of aromatic nitrogens is 1. The van der Waals surface area contributed by atoms with Crippen LogP contribution in [0.25, 0.3) is 11.3 Å². The summed E-state index contributed by atoms with van der Waals surface area (Å²) in [7, 11) is 0. The SMILES string of the molecule is Cc1ccc(-c2cnc(CCC(=O)OCC(=O)NCC(C)C)o2)cc1. The zero-order valence-electron chi connectivity index (χ0n) is 14.9. The van der Waals surface area contributed by atoms with Crippen LogP contribution in [0.15, 0.2) is 34.9 Å². The van der Waals surface area contributed by atoms with Crippen molar-refractivity contribution in [3.8, 4) is 11.3 Å². The third kappa shape index (κ3) is 6.41. The van der Waals surface area contributed by atoms with Gasteiger partial charge in [0, 0.05) is 18.5 Å². The fraction of sp³-hybridized carbons (Fsp3) is 0.421. The molecule has 6 nitrogen and oxygen atoms in total. The van der Waals surface area contributed by atoms with E-state index >= 15 is 0 Å². The lowest BCUT2D eigenvalue weighted by Gasteiger charge is -2.07. The average Bonchev–Trinajstić information content (AvgIpc) is 3.06. The van der Waals surface area contributed by atoms with Gasteiger partial charge in [0.05, 0.1) is 12.6 Å². The molecular formula is C19H24N2O4. The summed E-state index contributed by atoms with van der Waals surface area (Å²) in [5, 5.41) is 2.69. The van der Waals surface area contributed by atoms with Crippen molar-refractivity contribution >= 4 is 11.9 Å². The monoisotopic (exact) mass is 344 g/mol. The molecule has 1 aromatic heterocycles. The molecule has 1 aromatic carbocycles. The van der Waals surface area contributed by atoms with Gasteiger partial charge in [0.1, 0.15) is 0 Å². The first-order chi connectivity index (χ1) is 11.9. The molecule has 134 valence electrons. The minimum atomic E-state index is -0.449. The van der Waals surface area contributed by atoms with Crippen LogP contribution in [0.1, 0.15) is 31.7 Å². The molecule has 0 unspecified atom stereocenters. The third-order valence-corrected chi connectivity index (χ3v) is 3.50. The quantitative estimate of drug-likeness (QED) is 0.745. The highest BCUT2D eigenvalue weighted by atomic mass is 16.5. The fourth-order valence-corrected chi connectivity index (χ4v) is 2.07. The van der Waals surface area contributed by atoms with Crippen LogP contribution in [0.2, 0.25) is 0 Å². The standard InChI is InChI=1S/C19H24N2O4/c1-13(2)10-20-17(22)12-24-19(23)9-8-18-21-11-16(25-18)15-6-4-14(3)5-7-15/h4-7,11,13H,8-10,12H2,1-3H3,(H,20,22). The van der Waals surface area contributed by atoms with Crippen LogP contribution >= 0.6 is 0 Å². The van der Waals surface area contributed by atoms with Crippen molar-refractivity contribution in [2.75, 3.05) is 13.2 Å². The molecule has 1 heterocycles. The molecule has 0 aliphatic heterocycles. The van der Waals surface area contributed by atoms with E-state index in [4.69, 9.17) is 9.15 Å². The molecule has 6 heteroatoms. The number of rotatable bonds is 8. The number of carbonyl (C=O) groups excluding carboxylic acids is 2. The first-order valence-corrected chi connectivity index (χ1v) is 8.38. The first-order valence-electron chi connectivity index (χ1n) is 8.38. The van der Waals surface area contributed by atoms with E-state index in [9.17, 15) is 9.59 Å². The number of benzene rings is 1. The Morgan fingerprint density at radius 2 is 1.96 bits per heavy atom. The molecule has 0 radical (unpaired) electrons. The van der Waals surface area contributed by atoms with Crippen LogP contribution in [-0.2, 0) is 20.7 Å². The zero-order chi connectivity index (χ0) is 18.2. The minimum absolute atomic E-state index is 0.116. The smallest absolute Gasteiger partial charge is 0.306 e. The van der Waals surface area contributed by atoms with E-state index in [0.29, 0.717) is 30.5 Å². The maximum atomic E-state index is 11.7. The summed E-state index contributed by atoms with van der Waals surface area (Å²) in [5.41, 5.74) is 2.11. The summed E-state index contributed by atoms with van der Waals surface area (Å²) in [4.78, 5) is 27.4. The van der Waals surface area contributed by atoms with Gasteiger partial charge in [-0.3, -0.25) is 9.59 Å². The van der Waals surface area contributed by atoms with Crippen molar-refractivity contribution in [2.24, 2.45) is 5.92 Å². The topological polar surface area (TPSA) is 81.4 Å².